The van der Waals surface area contributed by atoms with E-state index >= 15 is 0 Å². The Morgan fingerprint density at radius 3 is 2.11 bits per heavy atom. The van der Waals surface area contributed by atoms with Crippen molar-refractivity contribution in [3.8, 4) is 0 Å². The molecule has 0 rings (SSSR count). The van der Waals surface area contributed by atoms with Gasteiger partial charge < -0.3 is 9.47 Å². The number of carbonyl (C=O) groups excluding carboxylic acids is 2. The summed E-state index contributed by atoms with van der Waals surface area (Å²) in [5.41, 5.74) is -1.21. The predicted octanol–water partition coefficient (Wildman–Crippen LogP) is 2.94. The van der Waals surface area contributed by atoms with Crippen molar-refractivity contribution in [2.75, 3.05) is 6.61 Å². The van der Waals surface area contributed by atoms with Gasteiger partial charge in [0.05, 0.1) is 12.5 Å². The van der Waals surface area contributed by atoms with E-state index in [9.17, 15) is 9.59 Å². The summed E-state index contributed by atoms with van der Waals surface area (Å²) >= 11 is 0. The van der Waals surface area contributed by atoms with Crippen LogP contribution < -0.4 is 0 Å². The van der Waals surface area contributed by atoms with Crippen LogP contribution in [0.5, 0.6) is 0 Å². The normalized spacial score (nSPS) is 11.8. The summed E-state index contributed by atoms with van der Waals surface area (Å²) in [5.74, 6) is -0.534. The van der Waals surface area contributed by atoms with Crippen molar-refractivity contribution in [3.63, 3.8) is 0 Å². The van der Waals surface area contributed by atoms with Gasteiger partial charge in [0.2, 0.25) is 5.60 Å². The predicted molar refractivity (Wildman–Crippen MR) is 70.0 cm³/mol. The van der Waals surface area contributed by atoms with Crippen LogP contribution in [0.15, 0.2) is 0 Å². The fourth-order valence-corrected chi connectivity index (χ4v) is 1.24. The van der Waals surface area contributed by atoms with E-state index in [1.165, 1.54) is 0 Å². The van der Waals surface area contributed by atoms with Crippen LogP contribution in [-0.4, -0.2) is 24.1 Å². The third-order valence-corrected chi connectivity index (χ3v) is 2.48. The van der Waals surface area contributed by atoms with E-state index in [1.807, 2.05) is 0 Å². The summed E-state index contributed by atoms with van der Waals surface area (Å²) in [6.07, 6.45) is 1.84. The topological polar surface area (TPSA) is 52.6 Å². The van der Waals surface area contributed by atoms with Crippen LogP contribution in [0.4, 0.5) is 0 Å². The first-order valence-corrected chi connectivity index (χ1v) is 6.57. The smallest absolute Gasteiger partial charge is 0.350 e. The Balaban J connectivity index is 4.10. The van der Waals surface area contributed by atoms with E-state index in [1.54, 1.807) is 27.7 Å². The summed E-state index contributed by atoms with van der Waals surface area (Å²) in [7, 11) is 0. The van der Waals surface area contributed by atoms with Crippen LogP contribution in [0.1, 0.15) is 54.4 Å². The number of hydrogen-bond donors (Lipinski definition) is 0. The Morgan fingerprint density at radius 1 is 1.11 bits per heavy atom. The van der Waals surface area contributed by atoms with Crippen LogP contribution in [-0.2, 0) is 19.1 Å². The molecule has 4 nitrogen and oxygen atoms in total. The highest BCUT2D eigenvalue weighted by Gasteiger charge is 2.34. The number of esters is 2. The first-order valence-electron chi connectivity index (χ1n) is 6.57. The molecule has 0 atom stereocenters. The second-order valence-corrected chi connectivity index (χ2v) is 5.76. The van der Waals surface area contributed by atoms with Gasteiger partial charge in [-0.1, -0.05) is 27.7 Å². The van der Waals surface area contributed by atoms with Gasteiger partial charge in [-0.15, -0.1) is 0 Å². The highest BCUT2D eigenvalue weighted by atomic mass is 16.6. The van der Waals surface area contributed by atoms with Crippen molar-refractivity contribution in [1.82, 2.24) is 0 Å². The molecule has 0 aromatic rings. The quantitative estimate of drug-likeness (QED) is 0.520. The average molecular weight is 258 g/mol. The third kappa shape index (κ3) is 6.62. The molecular formula is C14H26O4. The maximum absolute atomic E-state index is 11.8. The second-order valence-electron chi connectivity index (χ2n) is 5.76. The zero-order valence-corrected chi connectivity index (χ0v) is 12.4. The molecule has 0 aromatic heterocycles. The SMILES string of the molecule is CC(C)CCCOC(=O)C(C)(C)OC(=O)C(C)C. The van der Waals surface area contributed by atoms with Crippen molar-refractivity contribution in [1.29, 1.82) is 0 Å². The minimum atomic E-state index is -1.21. The van der Waals surface area contributed by atoms with Crippen LogP contribution in [0.25, 0.3) is 0 Å². The molecule has 0 saturated heterocycles. The highest BCUT2D eigenvalue weighted by Crippen LogP contribution is 2.15. The van der Waals surface area contributed by atoms with Gasteiger partial charge in [-0.3, -0.25) is 4.79 Å². The molecule has 0 heterocycles. The standard InChI is InChI=1S/C14H26O4/c1-10(2)8-7-9-17-13(16)14(5,6)18-12(15)11(3)4/h10-11H,7-9H2,1-6H3. The Bertz CT molecular complexity index is 280. The van der Waals surface area contributed by atoms with Crippen LogP contribution >= 0.6 is 0 Å². The Kier molecular flexibility index (Phi) is 6.96. The fourth-order valence-electron chi connectivity index (χ4n) is 1.24. The van der Waals surface area contributed by atoms with Crippen molar-refractivity contribution in [2.45, 2.75) is 60.0 Å². The van der Waals surface area contributed by atoms with E-state index in [4.69, 9.17) is 9.47 Å². The molecule has 0 spiro atoms. The molecule has 4 heteroatoms. The molecule has 0 radical (unpaired) electrons. The van der Waals surface area contributed by atoms with Gasteiger partial charge in [-0.05, 0) is 32.6 Å². The van der Waals surface area contributed by atoms with E-state index in [0.717, 1.165) is 12.8 Å². The zero-order chi connectivity index (χ0) is 14.3. The van der Waals surface area contributed by atoms with Gasteiger partial charge in [-0.2, -0.15) is 0 Å². The summed E-state index contributed by atoms with van der Waals surface area (Å²) in [6, 6.07) is 0. The molecule has 0 N–H and O–H groups in total. The van der Waals surface area contributed by atoms with Crippen LogP contribution in [0, 0.1) is 11.8 Å². The van der Waals surface area contributed by atoms with E-state index in [-0.39, 0.29) is 11.9 Å². The first-order chi connectivity index (χ1) is 8.16. The number of hydrogen-bond acceptors (Lipinski definition) is 4. The van der Waals surface area contributed by atoms with Crippen molar-refractivity contribution in [2.24, 2.45) is 11.8 Å². The lowest BCUT2D eigenvalue weighted by atomic mass is 10.1. The van der Waals surface area contributed by atoms with Gasteiger partial charge >= 0.3 is 11.9 Å². The number of carbonyl (C=O) groups is 2. The maximum atomic E-state index is 11.8. The summed E-state index contributed by atoms with van der Waals surface area (Å²) < 4.78 is 10.2. The van der Waals surface area contributed by atoms with Crippen molar-refractivity contribution >= 4 is 11.9 Å². The van der Waals surface area contributed by atoms with Crippen LogP contribution in [0.3, 0.4) is 0 Å². The molecule has 0 aliphatic heterocycles. The molecule has 18 heavy (non-hydrogen) atoms. The average Bonchev–Trinajstić information content (AvgIpc) is 2.22. The Labute approximate surface area is 110 Å². The summed E-state index contributed by atoms with van der Waals surface area (Å²) in [4.78, 5) is 23.2. The maximum Gasteiger partial charge on any atom is 0.350 e. The highest BCUT2D eigenvalue weighted by molar-refractivity contribution is 5.83. The lowest BCUT2D eigenvalue weighted by molar-refractivity contribution is -0.180. The van der Waals surface area contributed by atoms with Gasteiger partial charge in [0.15, 0.2) is 0 Å². The Hall–Kier alpha value is -1.06. The Morgan fingerprint density at radius 2 is 1.67 bits per heavy atom. The van der Waals surface area contributed by atoms with Gasteiger partial charge in [0, 0.05) is 0 Å². The number of ether oxygens (including phenoxy) is 2. The van der Waals surface area contributed by atoms with Crippen molar-refractivity contribution in [3.05, 3.63) is 0 Å². The summed E-state index contributed by atoms with van der Waals surface area (Å²) in [5, 5.41) is 0. The molecule has 0 amide bonds. The molecule has 0 bridgehead atoms. The fraction of sp³-hybridized carbons (Fsp3) is 0.857. The minimum absolute atomic E-state index is 0.252. The van der Waals surface area contributed by atoms with Gasteiger partial charge in [0.25, 0.3) is 0 Å². The first kappa shape index (κ1) is 16.9. The van der Waals surface area contributed by atoms with E-state index < -0.39 is 11.6 Å². The van der Waals surface area contributed by atoms with Crippen molar-refractivity contribution < 1.29 is 19.1 Å². The molecule has 0 unspecified atom stereocenters. The lowest BCUT2D eigenvalue weighted by Crippen LogP contribution is -2.40. The molecule has 106 valence electrons. The van der Waals surface area contributed by atoms with Gasteiger partial charge in [-0.25, -0.2) is 4.79 Å². The zero-order valence-electron chi connectivity index (χ0n) is 12.4. The second kappa shape index (κ2) is 7.39. The van der Waals surface area contributed by atoms with E-state index in [0.29, 0.717) is 12.5 Å². The molecule has 0 fully saturated rings. The number of rotatable bonds is 7. The molecule has 0 aliphatic carbocycles. The van der Waals surface area contributed by atoms with Gasteiger partial charge in [0.1, 0.15) is 0 Å². The summed E-state index contributed by atoms with van der Waals surface area (Å²) in [6.45, 7) is 11.2. The van der Waals surface area contributed by atoms with E-state index in [2.05, 4.69) is 13.8 Å². The molecule has 0 aliphatic rings. The van der Waals surface area contributed by atoms with Crippen LogP contribution in [0.2, 0.25) is 0 Å². The largest absolute Gasteiger partial charge is 0.463 e. The molecule has 0 saturated carbocycles. The monoisotopic (exact) mass is 258 g/mol. The molecule has 0 aromatic carbocycles. The lowest BCUT2D eigenvalue weighted by Gasteiger charge is -2.24. The molecular weight excluding hydrogens is 232 g/mol. The third-order valence-electron chi connectivity index (χ3n) is 2.48. The minimum Gasteiger partial charge on any atom is -0.463 e.